The number of aromatic nitrogens is 1. The standard InChI is InChI=1S/C12H15ClF3N3/c13-10-5-9(17)6-18-11(10)8-1-3-19(7-8)4-2-12(14,15)16/h5-6,8H,1-4,7,17H2. The number of nitrogen functional groups attached to an aromatic ring is 1. The lowest BCUT2D eigenvalue weighted by Gasteiger charge is -2.17. The highest BCUT2D eigenvalue weighted by molar-refractivity contribution is 6.31. The third-order valence-corrected chi connectivity index (χ3v) is 3.56. The van der Waals surface area contributed by atoms with Gasteiger partial charge in [0.15, 0.2) is 0 Å². The van der Waals surface area contributed by atoms with Crippen LogP contribution < -0.4 is 5.73 Å². The zero-order valence-electron chi connectivity index (χ0n) is 10.3. The lowest BCUT2D eigenvalue weighted by molar-refractivity contribution is -0.137. The first-order valence-electron chi connectivity index (χ1n) is 6.05. The molecule has 1 aliphatic rings. The van der Waals surface area contributed by atoms with E-state index in [-0.39, 0.29) is 12.5 Å². The van der Waals surface area contributed by atoms with Gasteiger partial charge in [-0.3, -0.25) is 4.98 Å². The van der Waals surface area contributed by atoms with Gasteiger partial charge in [0.25, 0.3) is 0 Å². The lowest BCUT2D eigenvalue weighted by atomic mass is 10.0. The van der Waals surface area contributed by atoms with E-state index in [1.54, 1.807) is 11.0 Å². The molecule has 0 spiro atoms. The molecule has 0 saturated carbocycles. The first-order valence-corrected chi connectivity index (χ1v) is 6.43. The van der Waals surface area contributed by atoms with Crippen molar-refractivity contribution in [2.24, 2.45) is 0 Å². The molecule has 2 N–H and O–H groups in total. The fraction of sp³-hybridized carbons (Fsp3) is 0.583. The van der Waals surface area contributed by atoms with Crippen LogP contribution in [0.15, 0.2) is 12.3 Å². The Kier molecular flexibility index (Phi) is 4.20. The summed E-state index contributed by atoms with van der Waals surface area (Å²) in [5, 5.41) is 0.489. The van der Waals surface area contributed by atoms with E-state index in [1.807, 2.05) is 0 Å². The number of likely N-dealkylation sites (tertiary alicyclic amines) is 1. The average molecular weight is 294 g/mol. The molecule has 1 saturated heterocycles. The summed E-state index contributed by atoms with van der Waals surface area (Å²) in [7, 11) is 0. The van der Waals surface area contributed by atoms with Crippen LogP contribution in [0.25, 0.3) is 0 Å². The molecular weight excluding hydrogens is 279 g/mol. The van der Waals surface area contributed by atoms with Crippen molar-refractivity contribution in [1.29, 1.82) is 0 Å². The summed E-state index contributed by atoms with van der Waals surface area (Å²) in [5.74, 6) is 0.0846. The maximum atomic E-state index is 12.2. The SMILES string of the molecule is Nc1cnc(C2CCN(CCC(F)(F)F)C2)c(Cl)c1. The van der Waals surface area contributed by atoms with Gasteiger partial charge in [-0.05, 0) is 19.0 Å². The van der Waals surface area contributed by atoms with E-state index in [4.69, 9.17) is 17.3 Å². The van der Waals surface area contributed by atoms with Crippen LogP contribution in [-0.4, -0.2) is 35.7 Å². The first kappa shape index (κ1) is 14.4. The monoisotopic (exact) mass is 293 g/mol. The van der Waals surface area contributed by atoms with Crippen LogP contribution >= 0.6 is 11.6 Å². The molecule has 1 aromatic rings. The van der Waals surface area contributed by atoms with Crippen LogP contribution in [0.3, 0.4) is 0 Å². The Morgan fingerprint density at radius 3 is 2.84 bits per heavy atom. The van der Waals surface area contributed by atoms with Gasteiger partial charge in [0.1, 0.15) is 0 Å². The van der Waals surface area contributed by atoms with Crippen molar-refractivity contribution in [2.45, 2.75) is 24.9 Å². The van der Waals surface area contributed by atoms with E-state index in [0.29, 0.717) is 23.8 Å². The minimum absolute atomic E-state index is 0.0343. The zero-order chi connectivity index (χ0) is 14.0. The molecule has 1 fully saturated rings. The zero-order valence-corrected chi connectivity index (χ0v) is 11.0. The molecule has 2 rings (SSSR count). The number of halogens is 4. The smallest absolute Gasteiger partial charge is 0.390 e. The highest BCUT2D eigenvalue weighted by atomic mass is 35.5. The highest BCUT2D eigenvalue weighted by Crippen LogP contribution is 2.32. The molecule has 0 bridgehead atoms. The van der Waals surface area contributed by atoms with Crippen LogP contribution in [0.2, 0.25) is 5.02 Å². The predicted octanol–water partition coefficient (Wildman–Crippen LogP) is 3.06. The molecule has 1 aromatic heterocycles. The summed E-state index contributed by atoms with van der Waals surface area (Å²) < 4.78 is 36.5. The van der Waals surface area contributed by atoms with Crippen molar-refractivity contribution in [1.82, 2.24) is 9.88 Å². The molecule has 19 heavy (non-hydrogen) atoms. The van der Waals surface area contributed by atoms with E-state index in [1.165, 1.54) is 6.20 Å². The predicted molar refractivity (Wildman–Crippen MR) is 68.1 cm³/mol. The van der Waals surface area contributed by atoms with Crippen molar-refractivity contribution in [2.75, 3.05) is 25.4 Å². The van der Waals surface area contributed by atoms with E-state index in [0.717, 1.165) is 12.1 Å². The van der Waals surface area contributed by atoms with Gasteiger partial charge < -0.3 is 10.6 Å². The summed E-state index contributed by atoms with van der Waals surface area (Å²) in [6.07, 6.45) is -2.58. The van der Waals surface area contributed by atoms with E-state index >= 15 is 0 Å². The molecule has 1 aliphatic heterocycles. The summed E-state index contributed by atoms with van der Waals surface area (Å²) in [6.45, 7) is 1.24. The van der Waals surface area contributed by atoms with Gasteiger partial charge in [0.2, 0.25) is 0 Å². The molecule has 1 atom stereocenters. The quantitative estimate of drug-likeness (QED) is 0.931. The second-order valence-electron chi connectivity index (χ2n) is 4.79. The van der Waals surface area contributed by atoms with Gasteiger partial charge in [-0.1, -0.05) is 11.6 Å². The summed E-state index contributed by atoms with van der Waals surface area (Å²) in [6, 6.07) is 1.63. The Labute approximate surface area is 114 Å². The number of hydrogen-bond acceptors (Lipinski definition) is 3. The Balaban J connectivity index is 1.94. The van der Waals surface area contributed by atoms with Gasteiger partial charge >= 0.3 is 6.18 Å². The van der Waals surface area contributed by atoms with Crippen LogP contribution in [-0.2, 0) is 0 Å². The summed E-state index contributed by atoms with van der Waals surface area (Å²) >= 11 is 6.07. The molecule has 7 heteroatoms. The maximum Gasteiger partial charge on any atom is 0.390 e. The third kappa shape index (κ3) is 3.98. The summed E-state index contributed by atoms with van der Waals surface area (Å²) in [5.41, 5.74) is 6.78. The third-order valence-electron chi connectivity index (χ3n) is 3.26. The van der Waals surface area contributed by atoms with Gasteiger partial charge in [0, 0.05) is 19.0 Å². The van der Waals surface area contributed by atoms with Crippen LogP contribution in [0, 0.1) is 0 Å². The number of nitrogens with zero attached hydrogens (tertiary/aromatic N) is 2. The molecular formula is C12H15ClF3N3. The van der Waals surface area contributed by atoms with Crippen molar-refractivity contribution >= 4 is 17.3 Å². The normalized spacial score (nSPS) is 20.9. The van der Waals surface area contributed by atoms with Crippen molar-refractivity contribution in [3.8, 4) is 0 Å². The number of pyridine rings is 1. The minimum Gasteiger partial charge on any atom is -0.397 e. The molecule has 3 nitrogen and oxygen atoms in total. The second-order valence-corrected chi connectivity index (χ2v) is 5.19. The molecule has 0 aromatic carbocycles. The molecule has 2 heterocycles. The second kappa shape index (κ2) is 5.54. The lowest BCUT2D eigenvalue weighted by Crippen LogP contribution is -2.26. The van der Waals surface area contributed by atoms with Gasteiger partial charge in [-0.25, -0.2) is 0 Å². The molecule has 106 valence electrons. The Bertz CT molecular complexity index is 450. The number of hydrogen-bond donors (Lipinski definition) is 1. The number of anilines is 1. The van der Waals surface area contributed by atoms with E-state index < -0.39 is 12.6 Å². The molecule has 1 unspecified atom stereocenters. The van der Waals surface area contributed by atoms with Gasteiger partial charge in [-0.15, -0.1) is 0 Å². The average Bonchev–Trinajstić information content (AvgIpc) is 2.74. The Morgan fingerprint density at radius 2 is 2.21 bits per heavy atom. The van der Waals surface area contributed by atoms with Crippen molar-refractivity contribution < 1.29 is 13.2 Å². The largest absolute Gasteiger partial charge is 0.397 e. The first-order chi connectivity index (χ1) is 8.85. The van der Waals surface area contributed by atoms with Gasteiger partial charge in [0.05, 0.1) is 29.0 Å². The molecule has 0 aliphatic carbocycles. The van der Waals surface area contributed by atoms with Crippen LogP contribution in [0.1, 0.15) is 24.5 Å². The maximum absolute atomic E-state index is 12.2. The van der Waals surface area contributed by atoms with Crippen LogP contribution in [0.4, 0.5) is 18.9 Å². The Hall–Kier alpha value is -1.01. The molecule has 0 amide bonds. The van der Waals surface area contributed by atoms with Crippen molar-refractivity contribution in [3.05, 3.63) is 23.0 Å². The fourth-order valence-corrected chi connectivity index (χ4v) is 2.64. The number of alkyl halides is 3. The fourth-order valence-electron chi connectivity index (χ4n) is 2.31. The van der Waals surface area contributed by atoms with Crippen LogP contribution in [0.5, 0.6) is 0 Å². The highest BCUT2D eigenvalue weighted by Gasteiger charge is 2.31. The number of rotatable bonds is 3. The molecule has 0 radical (unpaired) electrons. The van der Waals surface area contributed by atoms with Gasteiger partial charge in [-0.2, -0.15) is 13.2 Å². The van der Waals surface area contributed by atoms with E-state index in [2.05, 4.69) is 4.98 Å². The Morgan fingerprint density at radius 1 is 1.47 bits per heavy atom. The summed E-state index contributed by atoms with van der Waals surface area (Å²) in [4.78, 5) is 6.00. The van der Waals surface area contributed by atoms with Crippen molar-refractivity contribution in [3.63, 3.8) is 0 Å². The number of nitrogens with two attached hydrogens (primary N) is 1. The topological polar surface area (TPSA) is 42.1 Å². The minimum atomic E-state index is -4.10. The van der Waals surface area contributed by atoms with E-state index in [9.17, 15) is 13.2 Å².